The molecule has 1 N–H and O–H groups in total. The van der Waals surface area contributed by atoms with Crippen molar-refractivity contribution in [1.82, 2.24) is 15.0 Å². The average Bonchev–Trinajstić information content (AvgIpc) is 2.86. The van der Waals surface area contributed by atoms with Gasteiger partial charge in [-0.1, -0.05) is 54.8 Å². The monoisotopic (exact) mass is 467 g/mol. The van der Waals surface area contributed by atoms with E-state index in [9.17, 15) is 4.39 Å². The molecule has 34 heavy (non-hydrogen) atoms. The second-order valence-electron chi connectivity index (χ2n) is 7.98. The zero-order valence-corrected chi connectivity index (χ0v) is 19.4. The summed E-state index contributed by atoms with van der Waals surface area (Å²) >= 11 is 4.72. The van der Waals surface area contributed by atoms with Gasteiger partial charge in [0.25, 0.3) is 0 Å². The number of aromatic nitrogens is 3. The minimum atomic E-state index is -0.368. The highest BCUT2D eigenvalue weighted by molar-refractivity contribution is 7.81. The molecule has 2 heterocycles. The SMILES string of the molecule is Cc1ccc(CN(S)c2ccc3nc(-c4ccccc4F)nc(Nc4ccncc4)c3c2)cc1. The van der Waals surface area contributed by atoms with Crippen molar-refractivity contribution in [2.45, 2.75) is 13.5 Å². The summed E-state index contributed by atoms with van der Waals surface area (Å²) in [5, 5.41) is 4.14. The number of pyridine rings is 1. The van der Waals surface area contributed by atoms with Crippen molar-refractivity contribution in [3.8, 4) is 11.4 Å². The lowest BCUT2D eigenvalue weighted by molar-refractivity contribution is 0.630. The molecule has 0 saturated carbocycles. The van der Waals surface area contributed by atoms with Crippen LogP contribution in [0.4, 0.5) is 21.6 Å². The Hall–Kier alpha value is -3.97. The number of nitrogens with one attached hydrogen (secondary N) is 1. The fourth-order valence-corrected chi connectivity index (χ4v) is 3.95. The number of halogens is 1. The Morgan fingerprint density at radius 2 is 1.68 bits per heavy atom. The Morgan fingerprint density at radius 1 is 0.912 bits per heavy atom. The lowest BCUT2D eigenvalue weighted by atomic mass is 10.1. The minimum Gasteiger partial charge on any atom is -0.340 e. The quantitative estimate of drug-likeness (QED) is 0.271. The van der Waals surface area contributed by atoms with Crippen LogP contribution in [0.2, 0.25) is 0 Å². The summed E-state index contributed by atoms with van der Waals surface area (Å²) in [6, 6.07) is 24.4. The van der Waals surface area contributed by atoms with E-state index in [0.717, 1.165) is 22.3 Å². The Bertz CT molecular complexity index is 1440. The number of benzene rings is 3. The molecular weight excluding hydrogens is 445 g/mol. The van der Waals surface area contributed by atoms with E-state index in [4.69, 9.17) is 17.8 Å². The summed E-state index contributed by atoms with van der Waals surface area (Å²) in [5.41, 5.74) is 5.14. The molecule has 0 aliphatic rings. The third-order valence-corrected chi connectivity index (χ3v) is 5.86. The number of nitrogens with zero attached hydrogens (tertiary/aromatic N) is 4. The highest BCUT2D eigenvalue weighted by Gasteiger charge is 2.15. The van der Waals surface area contributed by atoms with Crippen LogP contribution in [-0.2, 0) is 6.54 Å². The molecule has 5 rings (SSSR count). The van der Waals surface area contributed by atoms with Gasteiger partial charge in [0.2, 0.25) is 0 Å². The molecule has 5 nitrogen and oxygen atoms in total. The molecule has 0 radical (unpaired) electrons. The van der Waals surface area contributed by atoms with Crippen LogP contribution in [0.5, 0.6) is 0 Å². The Balaban J connectivity index is 1.57. The van der Waals surface area contributed by atoms with Gasteiger partial charge in [-0.25, -0.2) is 14.4 Å². The highest BCUT2D eigenvalue weighted by atomic mass is 32.1. The van der Waals surface area contributed by atoms with Gasteiger partial charge in [-0.3, -0.25) is 4.98 Å². The lowest BCUT2D eigenvalue weighted by Crippen LogP contribution is -2.10. The number of thiol groups is 1. The standard InChI is InChI=1S/C27H22FN5S/c1-18-6-8-19(9-7-18)17-33(34)21-10-11-25-23(16-21)27(30-20-12-14-29-15-13-20)32-26(31-25)22-4-2-3-5-24(22)28/h2-16,34H,17H2,1H3,(H,29,30,31,32). The van der Waals surface area contributed by atoms with Crippen LogP contribution in [0.25, 0.3) is 22.3 Å². The van der Waals surface area contributed by atoms with Crippen LogP contribution < -0.4 is 9.62 Å². The van der Waals surface area contributed by atoms with Gasteiger partial charge in [0.15, 0.2) is 5.82 Å². The van der Waals surface area contributed by atoms with Gasteiger partial charge in [0.05, 0.1) is 17.6 Å². The van der Waals surface area contributed by atoms with Crippen LogP contribution in [0.15, 0.2) is 91.3 Å². The molecule has 0 atom stereocenters. The maximum absolute atomic E-state index is 14.5. The van der Waals surface area contributed by atoms with Crippen molar-refractivity contribution in [3.63, 3.8) is 0 Å². The normalized spacial score (nSPS) is 10.9. The number of hydrogen-bond acceptors (Lipinski definition) is 6. The Morgan fingerprint density at radius 3 is 2.44 bits per heavy atom. The van der Waals surface area contributed by atoms with Gasteiger partial charge < -0.3 is 9.62 Å². The molecule has 0 bridgehead atoms. The second kappa shape index (κ2) is 9.49. The first-order valence-corrected chi connectivity index (χ1v) is 11.2. The van der Waals surface area contributed by atoms with E-state index >= 15 is 0 Å². The van der Waals surface area contributed by atoms with Gasteiger partial charge in [0, 0.05) is 29.2 Å². The van der Waals surface area contributed by atoms with E-state index in [2.05, 4.69) is 46.5 Å². The van der Waals surface area contributed by atoms with Crippen LogP contribution in [-0.4, -0.2) is 15.0 Å². The summed E-state index contributed by atoms with van der Waals surface area (Å²) in [4.78, 5) is 13.4. The number of anilines is 3. The molecule has 0 aliphatic heterocycles. The summed E-state index contributed by atoms with van der Waals surface area (Å²) in [7, 11) is 0. The molecule has 0 saturated heterocycles. The average molecular weight is 468 g/mol. The van der Waals surface area contributed by atoms with E-state index in [1.54, 1.807) is 30.6 Å². The van der Waals surface area contributed by atoms with Crippen molar-refractivity contribution in [3.05, 3.63) is 108 Å². The summed E-state index contributed by atoms with van der Waals surface area (Å²) in [6.45, 7) is 2.70. The molecule has 2 aromatic heterocycles. The maximum atomic E-state index is 14.5. The highest BCUT2D eigenvalue weighted by Crippen LogP contribution is 2.32. The molecular formula is C27H22FN5S. The maximum Gasteiger partial charge on any atom is 0.165 e. The van der Waals surface area contributed by atoms with Gasteiger partial charge in [-0.05, 0) is 55.0 Å². The van der Waals surface area contributed by atoms with Gasteiger partial charge in [-0.15, -0.1) is 0 Å². The van der Waals surface area contributed by atoms with E-state index in [0.29, 0.717) is 29.3 Å². The number of hydrogen-bond donors (Lipinski definition) is 2. The first-order valence-electron chi connectivity index (χ1n) is 10.8. The van der Waals surface area contributed by atoms with E-state index in [1.165, 1.54) is 11.6 Å². The van der Waals surface area contributed by atoms with Crippen molar-refractivity contribution in [1.29, 1.82) is 0 Å². The van der Waals surface area contributed by atoms with Crippen molar-refractivity contribution >= 4 is 40.9 Å². The van der Waals surface area contributed by atoms with E-state index in [-0.39, 0.29) is 5.82 Å². The second-order valence-corrected chi connectivity index (χ2v) is 8.46. The Labute approximate surface area is 202 Å². The number of fused-ring (bicyclic) bond motifs is 1. The molecule has 0 amide bonds. The molecule has 0 unspecified atom stereocenters. The van der Waals surface area contributed by atoms with Crippen LogP contribution in [0, 0.1) is 12.7 Å². The molecule has 5 aromatic rings. The van der Waals surface area contributed by atoms with Gasteiger partial charge in [0.1, 0.15) is 11.6 Å². The fourth-order valence-electron chi connectivity index (χ4n) is 3.66. The molecule has 3 aromatic carbocycles. The topological polar surface area (TPSA) is 53.9 Å². The van der Waals surface area contributed by atoms with Crippen LogP contribution >= 0.6 is 12.8 Å². The first kappa shape index (κ1) is 21.9. The fraction of sp³-hybridized carbons (Fsp3) is 0.0741. The summed E-state index contributed by atoms with van der Waals surface area (Å²) in [5.74, 6) is 0.527. The summed E-state index contributed by atoms with van der Waals surface area (Å²) in [6.07, 6.45) is 3.40. The first-order chi connectivity index (χ1) is 16.6. The zero-order valence-electron chi connectivity index (χ0n) is 18.5. The third-order valence-electron chi connectivity index (χ3n) is 5.49. The molecule has 0 aliphatic carbocycles. The smallest absolute Gasteiger partial charge is 0.165 e. The predicted octanol–water partition coefficient (Wildman–Crippen LogP) is 6.73. The van der Waals surface area contributed by atoms with Crippen LogP contribution in [0.1, 0.15) is 11.1 Å². The number of rotatable bonds is 6. The van der Waals surface area contributed by atoms with Gasteiger partial charge in [-0.2, -0.15) is 0 Å². The van der Waals surface area contributed by atoms with Crippen molar-refractivity contribution in [2.75, 3.05) is 9.62 Å². The Kier molecular flexibility index (Phi) is 6.10. The third kappa shape index (κ3) is 4.70. The molecule has 7 heteroatoms. The van der Waals surface area contributed by atoms with Crippen molar-refractivity contribution < 1.29 is 4.39 Å². The zero-order chi connectivity index (χ0) is 23.5. The van der Waals surface area contributed by atoms with E-state index < -0.39 is 0 Å². The van der Waals surface area contributed by atoms with E-state index in [1.807, 2.05) is 34.6 Å². The number of aryl methyl sites for hydroxylation is 1. The summed E-state index contributed by atoms with van der Waals surface area (Å²) < 4.78 is 16.4. The van der Waals surface area contributed by atoms with Crippen LogP contribution in [0.3, 0.4) is 0 Å². The molecule has 168 valence electrons. The molecule has 0 spiro atoms. The largest absolute Gasteiger partial charge is 0.340 e. The molecule has 0 fully saturated rings. The lowest BCUT2D eigenvalue weighted by Gasteiger charge is -2.19. The minimum absolute atomic E-state index is 0.317. The van der Waals surface area contributed by atoms with Crippen molar-refractivity contribution in [2.24, 2.45) is 0 Å². The predicted molar refractivity (Wildman–Crippen MR) is 139 cm³/mol. The van der Waals surface area contributed by atoms with Gasteiger partial charge >= 0.3 is 0 Å².